The van der Waals surface area contributed by atoms with Gasteiger partial charge in [0.1, 0.15) is 17.6 Å². The predicted molar refractivity (Wildman–Crippen MR) is 125 cm³/mol. The second-order valence-corrected chi connectivity index (χ2v) is 8.47. The van der Waals surface area contributed by atoms with Crippen LogP contribution in [0.1, 0.15) is 41.6 Å². The van der Waals surface area contributed by atoms with Crippen LogP contribution in [0.25, 0.3) is 11.1 Å². The number of halogens is 1. The molecule has 3 heterocycles. The minimum absolute atomic E-state index is 0.0218. The van der Waals surface area contributed by atoms with Crippen LogP contribution in [0.5, 0.6) is 0 Å². The Kier molecular flexibility index (Phi) is 7.01. The average molecular weight is 469 g/mol. The number of hydrogen-bond donors (Lipinski definition) is 2. The van der Waals surface area contributed by atoms with Gasteiger partial charge in [0.2, 0.25) is 11.6 Å². The first-order chi connectivity index (χ1) is 15.9. The summed E-state index contributed by atoms with van der Waals surface area (Å²) in [6, 6.07) is 12.4. The summed E-state index contributed by atoms with van der Waals surface area (Å²) in [6.45, 7) is 0.359. The molecule has 0 saturated heterocycles. The van der Waals surface area contributed by atoms with Crippen molar-refractivity contribution in [1.29, 1.82) is 0 Å². The van der Waals surface area contributed by atoms with Gasteiger partial charge in [-0.25, -0.2) is 0 Å². The maximum atomic E-state index is 13.0. The summed E-state index contributed by atoms with van der Waals surface area (Å²) < 4.78 is 12.8. The van der Waals surface area contributed by atoms with Crippen molar-refractivity contribution in [3.8, 4) is 0 Å². The van der Waals surface area contributed by atoms with Gasteiger partial charge in [-0.1, -0.05) is 23.7 Å². The molecule has 1 amide bonds. The molecule has 4 aromatic rings. The highest BCUT2D eigenvalue weighted by atomic mass is 35.5. The summed E-state index contributed by atoms with van der Waals surface area (Å²) in [5.74, 6) is 0.956. The lowest BCUT2D eigenvalue weighted by atomic mass is 10.1. The van der Waals surface area contributed by atoms with Crippen molar-refractivity contribution in [2.75, 3.05) is 0 Å². The molecular weight excluding hydrogens is 444 g/mol. The fourth-order valence-corrected chi connectivity index (χ4v) is 3.89. The molecule has 8 heteroatoms. The van der Waals surface area contributed by atoms with Crippen molar-refractivity contribution in [3.63, 3.8) is 0 Å². The maximum Gasteiger partial charge on any atom is 0.224 e. The molecule has 0 aliphatic heterocycles. The SMILES string of the molecule is Cn1cc(CC(=O)NCc2ccc(Cl)cc2)c(=O)c2cc(CCCC(O)c3ccco3)oc21. The molecular formula is C25H25ClN2O5. The van der Waals surface area contributed by atoms with Gasteiger partial charge in [0.05, 0.1) is 18.1 Å². The van der Waals surface area contributed by atoms with Crippen molar-refractivity contribution in [1.82, 2.24) is 9.88 Å². The molecule has 0 saturated carbocycles. The zero-order valence-electron chi connectivity index (χ0n) is 18.2. The second kappa shape index (κ2) is 10.1. The van der Waals surface area contributed by atoms with Crippen LogP contribution in [-0.4, -0.2) is 15.6 Å². The van der Waals surface area contributed by atoms with E-state index in [0.29, 0.717) is 59.0 Å². The molecule has 0 radical (unpaired) electrons. The summed E-state index contributed by atoms with van der Waals surface area (Å²) in [4.78, 5) is 25.4. The van der Waals surface area contributed by atoms with E-state index in [0.717, 1.165) is 5.56 Å². The monoisotopic (exact) mass is 468 g/mol. The number of carbonyl (C=O) groups excluding carboxylic acids is 1. The van der Waals surface area contributed by atoms with Gasteiger partial charge >= 0.3 is 0 Å². The number of aromatic nitrogens is 1. The molecule has 1 unspecified atom stereocenters. The van der Waals surface area contributed by atoms with Gasteiger partial charge < -0.3 is 23.8 Å². The van der Waals surface area contributed by atoms with E-state index in [-0.39, 0.29) is 17.8 Å². The molecule has 7 nitrogen and oxygen atoms in total. The molecule has 0 spiro atoms. The minimum atomic E-state index is -0.673. The number of hydrogen-bond acceptors (Lipinski definition) is 5. The number of aryl methyl sites for hydroxylation is 2. The Hall–Kier alpha value is -3.29. The maximum absolute atomic E-state index is 13.0. The largest absolute Gasteiger partial charge is 0.467 e. The van der Waals surface area contributed by atoms with Crippen LogP contribution in [0.2, 0.25) is 5.02 Å². The second-order valence-electron chi connectivity index (χ2n) is 8.03. The van der Waals surface area contributed by atoms with E-state index in [1.54, 1.807) is 48.1 Å². The summed E-state index contributed by atoms with van der Waals surface area (Å²) in [5.41, 5.74) is 1.58. The molecule has 0 aliphatic carbocycles. The Morgan fingerprint density at radius 2 is 2.03 bits per heavy atom. The molecule has 172 valence electrons. The van der Waals surface area contributed by atoms with Crippen molar-refractivity contribution >= 4 is 28.6 Å². The predicted octanol–water partition coefficient (Wildman–Crippen LogP) is 4.29. The molecule has 4 rings (SSSR count). The van der Waals surface area contributed by atoms with Gasteiger partial charge in [0.15, 0.2) is 5.43 Å². The Morgan fingerprint density at radius 1 is 1.24 bits per heavy atom. The van der Waals surface area contributed by atoms with E-state index in [1.165, 1.54) is 6.26 Å². The highest BCUT2D eigenvalue weighted by Crippen LogP contribution is 2.22. The molecule has 33 heavy (non-hydrogen) atoms. The number of amides is 1. The van der Waals surface area contributed by atoms with Gasteiger partial charge in [-0.15, -0.1) is 0 Å². The van der Waals surface area contributed by atoms with Crippen LogP contribution in [0, 0.1) is 0 Å². The normalized spacial score (nSPS) is 12.2. The van der Waals surface area contributed by atoms with Crippen LogP contribution in [-0.2, 0) is 31.2 Å². The van der Waals surface area contributed by atoms with Crippen LogP contribution < -0.4 is 10.7 Å². The fraction of sp³-hybridized carbons (Fsp3) is 0.280. The number of rotatable bonds is 9. The number of aliphatic hydroxyl groups is 1. The summed E-state index contributed by atoms with van der Waals surface area (Å²) in [6.07, 6.45) is 4.23. The quantitative estimate of drug-likeness (QED) is 0.382. The third kappa shape index (κ3) is 5.56. The highest BCUT2D eigenvalue weighted by Gasteiger charge is 2.16. The zero-order chi connectivity index (χ0) is 23.4. The van der Waals surface area contributed by atoms with Gasteiger partial charge in [0, 0.05) is 36.8 Å². The lowest BCUT2D eigenvalue weighted by Crippen LogP contribution is -2.27. The highest BCUT2D eigenvalue weighted by molar-refractivity contribution is 6.30. The molecule has 2 N–H and O–H groups in total. The number of nitrogens with zero attached hydrogens (tertiary/aromatic N) is 1. The van der Waals surface area contributed by atoms with E-state index in [4.69, 9.17) is 20.4 Å². The van der Waals surface area contributed by atoms with E-state index in [1.807, 2.05) is 12.1 Å². The third-order valence-corrected chi connectivity index (χ3v) is 5.75. The van der Waals surface area contributed by atoms with Gasteiger partial charge in [0.25, 0.3) is 0 Å². The van der Waals surface area contributed by atoms with Crippen molar-refractivity contribution in [2.45, 2.75) is 38.3 Å². The van der Waals surface area contributed by atoms with E-state index in [9.17, 15) is 14.7 Å². The van der Waals surface area contributed by atoms with Crippen LogP contribution in [0.3, 0.4) is 0 Å². The lowest BCUT2D eigenvalue weighted by molar-refractivity contribution is -0.120. The topological polar surface area (TPSA) is 97.6 Å². The van der Waals surface area contributed by atoms with Crippen LogP contribution in [0.4, 0.5) is 0 Å². The number of aliphatic hydroxyl groups excluding tert-OH is 1. The Balaban J connectivity index is 1.40. The number of nitrogens with one attached hydrogen (secondary N) is 1. The summed E-state index contributed by atoms with van der Waals surface area (Å²) in [7, 11) is 1.78. The van der Waals surface area contributed by atoms with Gasteiger partial charge in [-0.2, -0.15) is 0 Å². The smallest absolute Gasteiger partial charge is 0.224 e. The Bertz CT molecular complexity index is 1290. The molecule has 0 bridgehead atoms. The van der Waals surface area contributed by atoms with Gasteiger partial charge in [-0.3, -0.25) is 9.59 Å². The average Bonchev–Trinajstić information content (AvgIpc) is 3.48. The van der Waals surface area contributed by atoms with Crippen molar-refractivity contribution in [2.24, 2.45) is 7.05 Å². The molecule has 3 aromatic heterocycles. The first-order valence-electron chi connectivity index (χ1n) is 10.7. The Labute approximate surface area is 195 Å². The number of carbonyl (C=O) groups is 1. The third-order valence-electron chi connectivity index (χ3n) is 5.50. The number of pyridine rings is 1. The number of fused-ring (bicyclic) bond motifs is 1. The molecule has 0 fully saturated rings. The molecule has 1 aromatic carbocycles. The Morgan fingerprint density at radius 3 is 2.76 bits per heavy atom. The van der Waals surface area contributed by atoms with E-state index < -0.39 is 6.10 Å². The van der Waals surface area contributed by atoms with Crippen molar-refractivity contribution in [3.05, 3.63) is 92.8 Å². The standard InChI is InChI=1S/C25H25ClN2O5/c1-28-15-17(12-23(30)27-14-16-7-9-18(26)10-8-16)24(31)20-13-19(33-25(20)28)4-2-5-21(29)22-6-3-11-32-22/h3,6-11,13,15,21,29H,2,4-5,12,14H2,1H3,(H,27,30). The molecule has 0 aliphatic rings. The van der Waals surface area contributed by atoms with Crippen LogP contribution >= 0.6 is 11.6 Å². The number of furan rings is 2. The van der Waals surface area contributed by atoms with Crippen molar-refractivity contribution < 1.29 is 18.7 Å². The van der Waals surface area contributed by atoms with Crippen LogP contribution in [0.15, 0.2) is 68.6 Å². The zero-order valence-corrected chi connectivity index (χ0v) is 19.0. The van der Waals surface area contributed by atoms with Gasteiger partial charge in [-0.05, 0) is 48.7 Å². The fourth-order valence-electron chi connectivity index (χ4n) is 3.76. The lowest BCUT2D eigenvalue weighted by Gasteiger charge is -2.07. The first-order valence-corrected chi connectivity index (χ1v) is 11.1. The minimum Gasteiger partial charge on any atom is -0.467 e. The summed E-state index contributed by atoms with van der Waals surface area (Å²) >= 11 is 5.88. The first kappa shape index (κ1) is 22.9. The number of benzene rings is 1. The molecule has 1 atom stereocenters. The summed E-state index contributed by atoms with van der Waals surface area (Å²) in [5, 5.41) is 14.1. The van der Waals surface area contributed by atoms with E-state index in [2.05, 4.69) is 5.32 Å². The van der Waals surface area contributed by atoms with E-state index >= 15 is 0 Å².